The number of thioether (sulfide) groups is 1. The molecule has 0 aromatic heterocycles. The van der Waals surface area contributed by atoms with Gasteiger partial charge in [-0.15, -0.1) is 0 Å². The number of benzene rings is 1. The summed E-state index contributed by atoms with van der Waals surface area (Å²) in [4.78, 5) is 12.5. The fourth-order valence-electron chi connectivity index (χ4n) is 2.72. The van der Waals surface area contributed by atoms with Gasteiger partial charge in [0.05, 0.1) is 17.4 Å². The summed E-state index contributed by atoms with van der Waals surface area (Å²) in [5.41, 5.74) is 1.85. The molecule has 0 spiro atoms. The number of aryl methyl sites for hydroxylation is 1. The topological polar surface area (TPSA) is 26.3 Å². The van der Waals surface area contributed by atoms with Crippen LogP contribution in [0.4, 0.5) is 0 Å². The van der Waals surface area contributed by atoms with Crippen LogP contribution < -0.4 is 4.74 Å². The highest BCUT2D eigenvalue weighted by molar-refractivity contribution is 8.00. The lowest BCUT2D eigenvalue weighted by molar-refractivity contribution is 0.101. The molecular formula is C18H26O2S. The number of carbonyl (C=O) groups is 1. The highest BCUT2D eigenvalue weighted by atomic mass is 32.2. The van der Waals surface area contributed by atoms with E-state index in [0.717, 1.165) is 16.9 Å². The maximum absolute atomic E-state index is 12.5. The van der Waals surface area contributed by atoms with E-state index < -0.39 is 0 Å². The zero-order valence-corrected chi connectivity index (χ0v) is 14.2. The minimum atomic E-state index is 0.0882. The molecule has 21 heavy (non-hydrogen) atoms. The van der Waals surface area contributed by atoms with E-state index in [1.165, 1.54) is 32.1 Å². The summed E-state index contributed by atoms with van der Waals surface area (Å²) in [6.45, 7) is 6.00. The number of rotatable bonds is 6. The van der Waals surface area contributed by atoms with E-state index in [4.69, 9.17) is 4.74 Å². The van der Waals surface area contributed by atoms with E-state index in [-0.39, 0.29) is 11.9 Å². The van der Waals surface area contributed by atoms with Crippen LogP contribution in [0.3, 0.4) is 0 Å². The summed E-state index contributed by atoms with van der Waals surface area (Å²) in [6, 6.07) is 5.89. The summed E-state index contributed by atoms with van der Waals surface area (Å²) in [5.74, 6) is 1.50. The third-order valence-electron chi connectivity index (χ3n) is 3.80. The average molecular weight is 306 g/mol. The van der Waals surface area contributed by atoms with Crippen LogP contribution in [0.5, 0.6) is 5.75 Å². The highest BCUT2D eigenvalue weighted by Gasteiger charge is 2.18. The molecule has 1 fully saturated rings. The largest absolute Gasteiger partial charge is 0.490 e. The van der Waals surface area contributed by atoms with Gasteiger partial charge in [0.15, 0.2) is 5.78 Å². The Balaban J connectivity index is 2.01. The summed E-state index contributed by atoms with van der Waals surface area (Å²) in [5, 5.41) is 0.668. The number of Topliss-reactive ketones (excluding diaryl/α,β-unsaturated/α-hetero) is 1. The first-order valence-electron chi connectivity index (χ1n) is 7.98. The maximum atomic E-state index is 12.5. The fourth-order valence-corrected chi connectivity index (χ4v) is 3.93. The van der Waals surface area contributed by atoms with Crippen LogP contribution in [0.25, 0.3) is 0 Å². The van der Waals surface area contributed by atoms with Crippen molar-refractivity contribution in [3.05, 3.63) is 29.3 Å². The van der Waals surface area contributed by atoms with E-state index in [2.05, 4.69) is 0 Å². The molecule has 0 aliphatic heterocycles. The highest BCUT2D eigenvalue weighted by Crippen LogP contribution is 2.30. The zero-order chi connectivity index (χ0) is 15.2. The molecule has 0 saturated heterocycles. The molecule has 0 amide bonds. The average Bonchev–Trinajstić information content (AvgIpc) is 2.47. The molecule has 2 nitrogen and oxygen atoms in total. The normalized spacial score (nSPS) is 16.2. The Hall–Kier alpha value is -0.960. The van der Waals surface area contributed by atoms with Gasteiger partial charge in [-0.25, -0.2) is 0 Å². The Morgan fingerprint density at radius 1 is 1.29 bits per heavy atom. The Morgan fingerprint density at radius 2 is 2.00 bits per heavy atom. The van der Waals surface area contributed by atoms with Crippen LogP contribution in [0.15, 0.2) is 18.2 Å². The minimum Gasteiger partial charge on any atom is -0.490 e. The third kappa shape index (κ3) is 5.06. The SMILES string of the molecule is Cc1ccc(OC(C)C)c(C(=O)CSC2CCCCC2)c1. The quantitative estimate of drug-likeness (QED) is 0.689. The maximum Gasteiger partial charge on any atom is 0.176 e. The summed E-state index contributed by atoms with van der Waals surface area (Å²) >= 11 is 1.83. The van der Waals surface area contributed by atoms with Crippen molar-refractivity contribution >= 4 is 17.5 Å². The van der Waals surface area contributed by atoms with Crippen molar-refractivity contribution in [1.29, 1.82) is 0 Å². The predicted octanol–water partition coefficient (Wildman–Crippen LogP) is 5.03. The monoisotopic (exact) mass is 306 g/mol. The first kappa shape index (κ1) is 16.4. The van der Waals surface area contributed by atoms with Crippen molar-refractivity contribution in [2.24, 2.45) is 0 Å². The van der Waals surface area contributed by atoms with Crippen LogP contribution in [0.1, 0.15) is 61.9 Å². The molecule has 1 aromatic carbocycles. The number of ether oxygens (including phenoxy) is 1. The van der Waals surface area contributed by atoms with Crippen molar-refractivity contribution in [2.75, 3.05) is 5.75 Å². The molecule has 1 aliphatic rings. The lowest BCUT2D eigenvalue weighted by Gasteiger charge is -2.21. The number of carbonyl (C=O) groups excluding carboxylic acids is 1. The third-order valence-corrected chi connectivity index (χ3v) is 5.17. The number of ketones is 1. The Kier molecular flexibility index (Phi) is 6.16. The van der Waals surface area contributed by atoms with E-state index in [1.807, 2.05) is 50.7 Å². The minimum absolute atomic E-state index is 0.0882. The van der Waals surface area contributed by atoms with E-state index in [1.54, 1.807) is 0 Å². The van der Waals surface area contributed by atoms with Gasteiger partial charge in [0.2, 0.25) is 0 Å². The van der Waals surface area contributed by atoms with Crippen LogP contribution in [-0.4, -0.2) is 22.9 Å². The van der Waals surface area contributed by atoms with Gasteiger partial charge in [-0.2, -0.15) is 11.8 Å². The summed E-state index contributed by atoms with van der Waals surface area (Å²) in [7, 11) is 0. The molecule has 0 radical (unpaired) electrons. The van der Waals surface area contributed by atoms with Crippen molar-refractivity contribution in [3.8, 4) is 5.75 Å². The van der Waals surface area contributed by atoms with Crippen molar-refractivity contribution in [3.63, 3.8) is 0 Å². The molecule has 2 rings (SSSR count). The van der Waals surface area contributed by atoms with Gasteiger partial charge < -0.3 is 4.74 Å². The van der Waals surface area contributed by atoms with Crippen molar-refractivity contribution in [2.45, 2.75) is 64.2 Å². The second-order valence-electron chi connectivity index (χ2n) is 6.16. The van der Waals surface area contributed by atoms with Crippen LogP contribution in [0.2, 0.25) is 0 Å². The summed E-state index contributed by atoms with van der Waals surface area (Å²) < 4.78 is 5.78. The number of hydrogen-bond donors (Lipinski definition) is 0. The van der Waals surface area contributed by atoms with Crippen LogP contribution >= 0.6 is 11.8 Å². The van der Waals surface area contributed by atoms with Gasteiger partial charge in [-0.1, -0.05) is 30.9 Å². The first-order chi connectivity index (χ1) is 10.1. The van der Waals surface area contributed by atoms with Gasteiger partial charge in [-0.05, 0) is 45.7 Å². The van der Waals surface area contributed by atoms with Gasteiger partial charge in [-0.3, -0.25) is 4.79 Å². The Labute approximate surface area is 132 Å². The molecule has 0 N–H and O–H groups in total. The summed E-state index contributed by atoms with van der Waals surface area (Å²) in [6.07, 6.45) is 6.61. The predicted molar refractivity (Wildman–Crippen MR) is 90.6 cm³/mol. The van der Waals surface area contributed by atoms with Crippen molar-refractivity contribution < 1.29 is 9.53 Å². The molecule has 1 saturated carbocycles. The van der Waals surface area contributed by atoms with Gasteiger partial charge in [0, 0.05) is 5.25 Å². The van der Waals surface area contributed by atoms with E-state index >= 15 is 0 Å². The van der Waals surface area contributed by atoms with Gasteiger partial charge >= 0.3 is 0 Å². The molecule has 116 valence electrons. The van der Waals surface area contributed by atoms with Crippen molar-refractivity contribution in [1.82, 2.24) is 0 Å². The first-order valence-corrected chi connectivity index (χ1v) is 9.03. The second-order valence-corrected chi connectivity index (χ2v) is 7.45. The molecule has 0 heterocycles. The lowest BCUT2D eigenvalue weighted by Crippen LogP contribution is -2.14. The van der Waals surface area contributed by atoms with Gasteiger partial charge in [0.1, 0.15) is 5.75 Å². The van der Waals surface area contributed by atoms with E-state index in [9.17, 15) is 4.79 Å². The molecule has 0 bridgehead atoms. The fraction of sp³-hybridized carbons (Fsp3) is 0.611. The standard InChI is InChI=1S/C18H26O2S/c1-13(2)20-18-10-9-14(3)11-16(18)17(19)12-21-15-7-5-4-6-8-15/h9-11,13,15H,4-8,12H2,1-3H3. The second kappa shape index (κ2) is 7.88. The zero-order valence-electron chi connectivity index (χ0n) is 13.4. The van der Waals surface area contributed by atoms with Crippen LogP contribution in [0, 0.1) is 6.92 Å². The number of hydrogen-bond acceptors (Lipinski definition) is 3. The molecule has 0 atom stereocenters. The smallest absolute Gasteiger partial charge is 0.176 e. The van der Waals surface area contributed by atoms with Crippen LogP contribution in [-0.2, 0) is 0 Å². The molecular weight excluding hydrogens is 280 g/mol. The molecule has 0 unspecified atom stereocenters. The van der Waals surface area contributed by atoms with E-state index in [0.29, 0.717) is 11.0 Å². The Morgan fingerprint density at radius 3 is 2.67 bits per heavy atom. The molecule has 1 aromatic rings. The lowest BCUT2D eigenvalue weighted by atomic mass is 10.0. The molecule has 1 aliphatic carbocycles. The molecule has 3 heteroatoms. The van der Waals surface area contributed by atoms with Gasteiger partial charge in [0.25, 0.3) is 0 Å². The Bertz CT molecular complexity index is 476.